The van der Waals surface area contributed by atoms with E-state index in [1.807, 2.05) is 27.7 Å². The number of carbonyl (C=O) groups is 1. The molecule has 5 nitrogen and oxygen atoms in total. The van der Waals surface area contributed by atoms with Gasteiger partial charge in [-0.1, -0.05) is 0 Å². The van der Waals surface area contributed by atoms with Crippen molar-refractivity contribution >= 4 is 35.9 Å². The zero-order chi connectivity index (χ0) is 13.6. The van der Waals surface area contributed by atoms with E-state index in [0.717, 1.165) is 25.6 Å². The SMILES string of the molecule is CCNC(=NCC(=O)OC(C)(C)C)N1CCCC1.I. The van der Waals surface area contributed by atoms with Crippen molar-refractivity contribution in [2.24, 2.45) is 4.99 Å². The summed E-state index contributed by atoms with van der Waals surface area (Å²) in [6.07, 6.45) is 2.38. The molecular formula is C13H26IN3O2. The Morgan fingerprint density at radius 3 is 2.37 bits per heavy atom. The van der Waals surface area contributed by atoms with Crippen molar-refractivity contribution in [3.8, 4) is 0 Å². The molecule has 1 aliphatic heterocycles. The highest BCUT2D eigenvalue weighted by Crippen LogP contribution is 2.09. The van der Waals surface area contributed by atoms with Crippen LogP contribution in [0.5, 0.6) is 0 Å². The molecule has 1 aliphatic rings. The van der Waals surface area contributed by atoms with Crippen LogP contribution in [0.15, 0.2) is 4.99 Å². The molecule has 1 heterocycles. The predicted molar refractivity (Wildman–Crippen MR) is 88.0 cm³/mol. The smallest absolute Gasteiger partial charge is 0.328 e. The van der Waals surface area contributed by atoms with Crippen LogP contribution < -0.4 is 5.32 Å². The van der Waals surface area contributed by atoms with Crippen molar-refractivity contribution in [1.82, 2.24) is 10.2 Å². The molecule has 112 valence electrons. The van der Waals surface area contributed by atoms with Crippen LogP contribution in [0.3, 0.4) is 0 Å². The number of nitrogens with zero attached hydrogens (tertiary/aromatic N) is 2. The number of esters is 1. The van der Waals surface area contributed by atoms with Gasteiger partial charge in [0.25, 0.3) is 0 Å². The summed E-state index contributed by atoms with van der Waals surface area (Å²) < 4.78 is 5.24. The normalized spacial score (nSPS) is 16.0. The highest BCUT2D eigenvalue weighted by atomic mass is 127. The van der Waals surface area contributed by atoms with Crippen LogP contribution in [0.25, 0.3) is 0 Å². The Morgan fingerprint density at radius 1 is 1.32 bits per heavy atom. The number of aliphatic imine (C=N–C) groups is 1. The maximum absolute atomic E-state index is 11.6. The molecule has 0 bridgehead atoms. The van der Waals surface area contributed by atoms with Gasteiger partial charge in [-0.2, -0.15) is 0 Å². The highest BCUT2D eigenvalue weighted by molar-refractivity contribution is 14.0. The molecule has 6 heteroatoms. The average Bonchev–Trinajstić information content (AvgIpc) is 2.74. The summed E-state index contributed by atoms with van der Waals surface area (Å²) in [6, 6.07) is 0. The summed E-state index contributed by atoms with van der Waals surface area (Å²) >= 11 is 0. The van der Waals surface area contributed by atoms with Crippen LogP contribution in [0.1, 0.15) is 40.5 Å². The fourth-order valence-electron chi connectivity index (χ4n) is 1.87. The molecule has 0 saturated carbocycles. The third-order valence-corrected chi connectivity index (χ3v) is 2.52. The molecule has 0 aromatic rings. The van der Waals surface area contributed by atoms with E-state index in [4.69, 9.17) is 4.74 Å². The van der Waals surface area contributed by atoms with E-state index < -0.39 is 5.60 Å². The van der Waals surface area contributed by atoms with Crippen LogP contribution in [0, 0.1) is 0 Å². The summed E-state index contributed by atoms with van der Waals surface area (Å²) in [5, 5.41) is 3.21. The van der Waals surface area contributed by atoms with Crippen molar-refractivity contribution in [2.75, 3.05) is 26.2 Å². The fraction of sp³-hybridized carbons (Fsp3) is 0.846. The van der Waals surface area contributed by atoms with Gasteiger partial charge in [-0.3, -0.25) is 4.79 Å². The van der Waals surface area contributed by atoms with Gasteiger partial charge >= 0.3 is 5.97 Å². The molecule has 1 rings (SSSR count). The first-order valence-corrected chi connectivity index (χ1v) is 6.67. The zero-order valence-electron chi connectivity index (χ0n) is 12.4. The van der Waals surface area contributed by atoms with Gasteiger partial charge in [-0.05, 0) is 40.5 Å². The number of likely N-dealkylation sites (tertiary alicyclic amines) is 1. The summed E-state index contributed by atoms with van der Waals surface area (Å²) in [6.45, 7) is 10.5. The van der Waals surface area contributed by atoms with Crippen molar-refractivity contribution in [2.45, 2.75) is 46.1 Å². The Balaban J connectivity index is 0.00000324. The predicted octanol–water partition coefficient (Wildman–Crippen LogP) is 2.01. The largest absolute Gasteiger partial charge is 0.459 e. The van der Waals surface area contributed by atoms with Gasteiger partial charge in [-0.25, -0.2) is 4.99 Å². The second kappa shape index (κ2) is 8.60. The Labute approximate surface area is 133 Å². The van der Waals surface area contributed by atoms with Crippen molar-refractivity contribution in [3.05, 3.63) is 0 Å². The number of ether oxygens (including phenoxy) is 1. The van der Waals surface area contributed by atoms with E-state index in [0.29, 0.717) is 0 Å². The Kier molecular flexibility index (Phi) is 8.36. The van der Waals surface area contributed by atoms with E-state index in [-0.39, 0.29) is 36.5 Å². The Bertz CT molecular complexity index is 308. The van der Waals surface area contributed by atoms with E-state index in [9.17, 15) is 4.79 Å². The Morgan fingerprint density at radius 2 is 1.89 bits per heavy atom. The van der Waals surface area contributed by atoms with Crippen molar-refractivity contribution in [3.63, 3.8) is 0 Å². The molecule has 19 heavy (non-hydrogen) atoms. The van der Waals surface area contributed by atoms with Gasteiger partial charge in [0.05, 0.1) is 0 Å². The molecule has 1 saturated heterocycles. The number of hydrogen-bond acceptors (Lipinski definition) is 3. The van der Waals surface area contributed by atoms with Crippen LogP contribution in [-0.2, 0) is 9.53 Å². The minimum Gasteiger partial charge on any atom is -0.459 e. The van der Waals surface area contributed by atoms with Crippen molar-refractivity contribution < 1.29 is 9.53 Å². The lowest BCUT2D eigenvalue weighted by Crippen LogP contribution is -2.40. The summed E-state index contributed by atoms with van der Waals surface area (Å²) in [5.74, 6) is 0.540. The number of guanidine groups is 1. The van der Waals surface area contributed by atoms with Crippen molar-refractivity contribution in [1.29, 1.82) is 0 Å². The molecule has 0 unspecified atom stereocenters. The monoisotopic (exact) mass is 383 g/mol. The number of nitrogens with one attached hydrogen (secondary N) is 1. The van der Waals surface area contributed by atoms with E-state index in [1.165, 1.54) is 12.8 Å². The summed E-state index contributed by atoms with van der Waals surface area (Å²) in [7, 11) is 0. The summed E-state index contributed by atoms with van der Waals surface area (Å²) in [5.41, 5.74) is -0.446. The quantitative estimate of drug-likeness (QED) is 0.351. The van der Waals surface area contributed by atoms with E-state index in [2.05, 4.69) is 15.2 Å². The molecule has 0 amide bonds. The number of carbonyl (C=O) groups excluding carboxylic acids is 1. The fourth-order valence-corrected chi connectivity index (χ4v) is 1.87. The molecule has 0 radical (unpaired) electrons. The molecule has 0 aliphatic carbocycles. The lowest BCUT2D eigenvalue weighted by Gasteiger charge is -2.21. The van der Waals surface area contributed by atoms with Gasteiger partial charge < -0.3 is 15.0 Å². The van der Waals surface area contributed by atoms with Gasteiger partial charge in [0.1, 0.15) is 12.1 Å². The molecule has 0 atom stereocenters. The molecule has 1 fully saturated rings. The van der Waals surface area contributed by atoms with Crippen LogP contribution in [0.2, 0.25) is 0 Å². The molecular weight excluding hydrogens is 357 g/mol. The topological polar surface area (TPSA) is 53.9 Å². The van der Waals surface area contributed by atoms with Gasteiger partial charge in [-0.15, -0.1) is 24.0 Å². The zero-order valence-corrected chi connectivity index (χ0v) is 14.7. The molecule has 0 aromatic heterocycles. The minimum absolute atomic E-state index is 0. The van der Waals surface area contributed by atoms with Gasteiger partial charge in [0.2, 0.25) is 0 Å². The van der Waals surface area contributed by atoms with Crippen LogP contribution in [0.4, 0.5) is 0 Å². The first-order valence-electron chi connectivity index (χ1n) is 6.67. The van der Waals surface area contributed by atoms with Gasteiger partial charge in [0, 0.05) is 19.6 Å². The second-order valence-electron chi connectivity index (χ2n) is 5.45. The lowest BCUT2D eigenvalue weighted by atomic mass is 10.2. The van der Waals surface area contributed by atoms with Crippen LogP contribution >= 0.6 is 24.0 Å². The molecule has 0 spiro atoms. The first-order chi connectivity index (χ1) is 8.42. The number of halogens is 1. The maximum Gasteiger partial charge on any atom is 0.328 e. The maximum atomic E-state index is 11.6. The van der Waals surface area contributed by atoms with Crippen LogP contribution in [-0.4, -0.2) is 48.6 Å². The third-order valence-electron chi connectivity index (χ3n) is 2.52. The lowest BCUT2D eigenvalue weighted by molar-refractivity contribution is -0.152. The molecule has 0 aromatic carbocycles. The first kappa shape index (κ1) is 18.5. The third kappa shape index (κ3) is 7.59. The standard InChI is InChI=1S/C13H25N3O2.HI/c1-5-14-12(16-8-6-7-9-16)15-10-11(17)18-13(2,3)4;/h5-10H2,1-4H3,(H,14,15);1H. The second-order valence-corrected chi connectivity index (χ2v) is 5.45. The number of hydrogen-bond donors (Lipinski definition) is 1. The minimum atomic E-state index is -0.446. The Hall–Kier alpha value is -0.530. The van der Waals surface area contributed by atoms with E-state index >= 15 is 0 Å². The molecule has 1 N–H and O–H groups in total. The van der Waals surface area contributed by atoms with E-state index in [1.54, 1.807) is 0 Å². The number of rotatable bonds is 3. The summed E-state index contributed by atoms with van der Waals surface area (Å²) in [4.78, 5) is 18.1. The highest BCUT2D eigenvalue weighted by Gasteiger charge is 2.18. The average molecular weight is 383 g/mol. The van der Waals surface area contributed by atoms with Gasteiger partial charge in [0.15, 0.2) is 5.96 Å².